The van der Waals surface area contributed by atoms with Crippen LogP contribution in [0.3, 0.4) is 0 Å². The highest BCUT2D eigenvalue weighted by Gasteiger charge is 2.34. The van der Waals surface area contributed by atoms with Gasteiger partial charge in [0.1, 0.15) is 0 Å². The van der Waals surface area contributed by atoms with E-state index in [1.165, 1.54) is 37.0 Å². The fourth-order valence-corrected chi connectivity index (χ4v) is 4.98. The van der Waals surface area contributed by atoms with Crippen molar-refractivity contribution in [1.29, 1.82) is 0 Å². The van der Waals surface area contributed by atoms with Crippen LogP contribution in [-0.4, -0.2) is 17.9 Å². The lowest BCUT2D eigenvalue weighted by Gasteiger charge is -2.40. The molecule has 3 unspecified atom stereocenters. The second kappa shape index (κ2) is 6.06. The summed E-state index contributed by atoms with van der Waals surface area (Å²) in [6.07, 6.45) is 8.19. The molecule has 1 aromatic heterocycles. The van der Waals surface area contributed by atoms with Crippen LogP contribution in [0.1, 0.15) is 43.4 Å². The zero-order valence-electron chi connectivity index (χ0n) is 11.0. The normalized spacial score (nSPS) is 30.9. The van der Waals surface area contributed by atoms with Gasteiger partial charge in [0.25, 0.3) is 0 Å². The van der Waals surface area contributed by atoms with Crippen molar-refractivity contribution in [1.82, 2.24) is 5.32 Å². The monoisotopic (exact) mass is 341 g/mol. The van der Waals surface area contributed by atoms with Crippen molar-refractivity contribution < 1.29 is 4.79 Å². The summed E-state index contributed by atoms with van der Waals surface area (Å²) in [5.41, 5.74) is 0. The van der Waals surface area contributed by atoms with E-state index >= 15 is 0 Å². The van der Waals surface area contributed by atoms with Crippen LogP contribution < -0.4 is 5.32 Å². The number of rotatable bonds is 3. The Hall–Kier alpha value is -0.190. The fraction of sp³-hybridized carbons (Fsp3) is 0.667. The quantitative estimate of drug-likeness (QED) is 0.902. The van der Waals surface area contributed by atoms with Crippen LogP contribution >= 0.6 is 27.3 Å². The zero-order chi connectivity index (χ0) is 13.2. The van der Waals surface area contributed by atoms with Gasteiger partial charge in [0.05, 0.1) is 9.83 Å². The average molecular weight is 342 g/mol. The third-order valence-electron chi connectivity index (χ3n) is 4.52. The third-order valence-corrected chi connectivity index (χ3v) is 6.14. The lowest BCUT2D eigenvalue weighted by atomic mass is 9.77. The molecule has 0 bridgehead atoms. The summed E-state index contributed by atoms with van der Waals surface area (Å²) in [4.78, 5) is 13.6. The Bertz CT molecular complexity index is 459. The maximum atomic E-state index is 12.4. The molecule has 0 spiro atoms. The summed E-state index contributed by atoms with van der Waals surface area (Å²) in [6, 6.07) is 4.78. The molecule has 0 aromatic carbocycles. The fourth-order valence-electron chi connectivity index (χ4n) is 3.49. The van der Waals surface area contributed by atoms with E-state index in [0.717, 1.165) is 16.1 Å². The largest absolute Gasteiger partial charge is 0.304 e. The van der Waals surface area contributed by atoms with E-state index in [9.17, 15) is 4.79 Å². The van der Waals surface area contributed by atoms with Crippen molar-refractivity contribution in [2.24, 2.45) is 5.92 Å². The molecule has 2 nitrogen and oxygen atoms in total. The number of carbonyl (C=O) groups excluding carboxylic acids is 1. The molecule has 1 aromatic rings. The van der Waals surface area contributed by atoms with Crippen molar-refractivity contribution in [3.05, 3.63) is 20.8 Å². The van der Waals surface area contributed by atoms with E-state index in [4.69, 9.17) is 0 Å². The SMILES string of the molecule is O=C(Cc1ccc(Br)s1)C1CCC2CCCCC2N1. The van der Waals surface area contributed by atoms with Crippen LogP contribution in [-0.2, 0) is 11.2 Å². The first-order chi connectivity index (χ1) is 9.22. The molecule has 2 heterocycles. The Morgan fingerprint density at radius 2 is 2.11 bits per heavy atom. The van der Waals surface area contributed by atoms with Gasteiger partial charge in [-0.1, -0.05) is 12.8 Å². The topological polar surface area (TPSA) is 29.1 Å². The molecule has 3 rings (SSSR count). The van der Waals surface area contributed by atoms with Gasteiger partial charge in [-0.05, 0) is 59.7 Å². The molecule has 1 saturated carbocycles. The van der Waals surface area contributed by atoms with Crippen LogP contribution in [0.25, 0.3) is 0 Å². The van der Waals surface area contributed by atoms with Crippen LogP contribution in [0.4, 0.5) is 0 Å². The predicted molar refractivity (Wildman–Crippen MR) is 82.6 cm³/mol. The summed E-state index contributed by atoms with van der Waals surface area (Å²) in [7, 11) is 0. The number of fused-ring (bicyclic) bond motifs is 1. The van der Waals surface area contributed by atoms with Crippen LogP contribution in [0, 0.1) is 5.92 Å². The van der Waals surface area contributed by atoms with Gasteiger partial charge in [-0.3, -0.25) is 4.79 Å². The predicted octanol–water partition coefficient (Wildman–Crippen LogP) is 3.93. The molecule has 104 valence electrons. The van der Waals surface area contributed by atoms with Gasteiger partial charge in [-0.25, -0.2) is 0 Å². The average Bonchev–Trinajstić information content (AvgIpc) is 2.83. The summed E-state index contributed by atoms with van der Waals surface area (Å²) in [5.74, 6) is 1.20. The van der Waals surface area contributed by atoms with Crippen LogP contribution in [0.15, 0.2) is 15.9 Å². The second-order valence-corrected chi connectivity index (χ2v) is 8.34. The van der Waals surface area contributed by atoms with Crippen molar-refractivity contribution in [3.8, 4) is 0 Å². The Labute approximate surface area is 127 Å². The number of hydrogen-bond acceptors (Lipinski definition) is 3. The molecule has 1 saturated heterocycles. The van der Waals surface area contributed by atoms with Gasteiger partial charge in [0.15, 0.2) is 5.78 Å². The first-order valence-electron chi connectivity index (χ1n) is 7.25. The Kier molecular flexibility index (Phi) is 4.40. The van der Waals surface area contributed by atoms with Gasteiger partial charge in [-0.2, -0.15) is 0 Å². The molecular formula is C15H20BrNOS. The van der Waals surface area contributed by atoms with Gasteiger partial charge in [-0.15, -0.1) is 11.3 Å². The van der Waals surface area contributed by atoms with E-state index in [1.807, 2.05) is 6.07 Å². The zero-order valence-corrected chi connectivity index (χ0v) is 13.4. The lowest BCUT2D eigenvalue weighted by molar-refractivity contribution is -0.121. The molecule has 0 radical (unpaired) electrons. The van der Waals surface area contributed by atoms with E-state index in [2.05, 4.69) is 27.3 Å². The first-order valence-corrected chi connectivity index (χ1v) is 8.86. The highest BCUT2D eigenvalue weighted by atomic mass is 79.9. The molecule has 19 heavy (non-hydrogen) atoms. The standard InChI is InChI=1S/C15H20BrNOS/c16-15-8-6-11(19-15)9-14(18)13-7-5-10-3-1-2-4-12(10)17-13/h6,8,10,12-13,17H,1-5,7,9H2. The van der Waals surface area contributed by atoms with Crippen LogP contribution in [0.2, 0.25) is 0 Å². The Balaban J connectivity index is 1.58. The van der Waals surface area contributed by atoms with Crippen molar-refractivity contribution in [2.45, 2.75) is 57.0 Å². The van der Waals surface area contributed by atoms with Gasteiger partial charge >= 0.3 is 0 Å². The number of nitrogens with one attached hydrogen (secondary N) is 1. The third kappa shape index (κ3) is 3.29. The van der Waals surface area contributed by atoms with E-state index in [1.54, 1.807) is 11.3 Å². The molecule has 3 atom stereocenters. The van der Waals surface area contributed by atoms with Crippen molar-refractivity contribution in [3.63, 3.8) is 0 Å². The van der Waals surface area contributed by atoms with E-state index in [0.29, 0.717) is 18.2 Å². The number of hydrogen-bond donors (Lipinski definition) is 1. The van der Waals surface area contributed by atoms with Crippen LogP contribution in [0.5, 0.6) is 0 Å². The highest BCUT2D eigenvalue weighted by Crippen LogP contribution is 2.33. The minimum Gasteiger partial charge on any atom is -0.304 e. The molecule has 1 aliphatic carbocycles. The molecule has 2 fully saturated rings. The minimum absolute atomic E-state index is 0.0974. The first kappa shape index (κ1) is 13.8. The number of piperidine rings is 1. The van der Waals surface area contributed by atoms with E-state index < -0.39 is 0 Å². The lowest BCUT2D eigenvalue weighted by Crippen LogP contribution is -2.52. The number of Topliss-reactive ketones (excluding diaryl/α,β-unsaturated/α-hetero) is 1. The maximum Gasteiger partial charge on any atom is 0.154 e. The maximum absolute atomic E-state index is 12.4. The molecule has 0 amide bonds. The number of halogens is 1. The number of ketones is 1. The number of thiophene rings is 1. The van der Waals surface area contributed by atoms with Gasteiger partial charge < -0.3 is 5.32 Å². The summed E-state index contributed by atoms with van der Waals surface area (Å²) < 4.78 is 1.11. The Morgan fingerprint density at radius 3 is 2.89 bits per heavy atom. The van der Waals surface area contributed by atoms with Crippen molar-refractivity contribution >= 4 is 33.0 Å². The summed E-state index contributed by atoms with van der Waals surface area (Å²) >= 11 is 5.13. The van der Waals surface area contributed by atoms with Gasteiger partial charge in [0, 0.05) is 17.3 Å². The minimum atomic E-state index is 0.0974. The molecule has 1 aliphatic heterocycles. The van der Waals surface area contributed by atoms with Crippen molar-refractivity contribution in [2.75, 3.05) is 0 Å². The summed E-state index contributed by atoms with van der Waals surface area (Å²) in [6.45, 7) is 0. The molecule has 4 heteroatoms. The highest BCUT2D eigenvalue weighted by molar-refractivity contribution is 9.11. The molecule has 1 N–H and O–H groups in total. The molecule has 2 aliphatic rings. The number of carbonyl (C=O) groups is 1. The summed E-state index contributed by atoms with van der Waals surface area (Å²) in [5, 5.41) is 3.63. The molecular weight excluding hydrogens is 322 g/mol. The smallest absolute Gasteiger partial charge is 0.154 e. The Morgan fingerprint density at radius 1 is 1.26 bits per heavy atom. The second-order valence-electron chi connectivity index (χ2n) is 5.80. The van der Waals surface area contributed by atoms with E-state index in [-0.39, 0.29) is 6.04 Å². The van der Waals surface area contributed by atoms with Gasteiger partial charge in [0.2, 0.25) is 0 Å².